The summed E-state index contributed by atoms with van der Waals surface area (Å²) in [6.45, 7) is 2.22. The van der Waals surface area contributed by atoms with Gasteiger partial charge in [0.15, 0.2) is 11.6 Å². The number of hydrogen-bond donors (Lipinski definition) is 0. The van der Waals surface area contributed by atoms with Crippen molar-refractivity contribution in [3.05, 3.63) is 5.82 Å². The molecule has 0 bridgehead atoms. The van der Waals surface area contributed by atoms with Gasteiger partial charge in [0.25, 0.3) is 0 Å². The molecular formula is C12H20N4O2. The summed E-state index contributed by atoms with van der Waals surface area (Å²) in [7, 11) is 3.31. The van der Waals surface area contributed by atoms with Crippen LogP contribution in [0.3, 0.4) is 0 Å². The van der Waals surface area contributed by atoms with Gasteiger partial charge in [-0.2, -0.15) is 4.80 Å². The summed E-state index contributed by atoms with van der Waals surface area (Å²) in [6, 6.07) is 0. The minimum atomic E-state index is -0.633. The molecule has 0 spiro atoms. The highest BCUT2D eigenvalue weighted by molar-refractivity contribution is 5.88. The third kappa shape index (κ3) is 2.58. The molecule has 1 fully saturated rings. The minimum absolute atomic E-state index is 0.0740. The van der Waals surface area contributed by atoms with Crippen LogP contribution in [0.15, 0.2) is 0 Å². The molecule has 1 aromatic rings. The second kappa shape index (κ2) is 5.14. The van der Waals surface area contributed by atoms with Crippen molar-refractivity contribution in [3.8, 4) is 0 Å². The van der Waals surface area contributed by atoms with Gasteiger partial charge in [-0.15, -0.1) is 10.2 Å². The Balaban J connectivity index is 2.06. The zero-order valence-corrected chi connectivity index (χ0v) is 11.2. The number of carbonyl (C=O) groups is 1. The maximum atomic E-state index is 12.4. The lowest BCUT2D eigenvalue weighted by Crippen LogP contribution is -2.44. The third-order valence-corrected chi connectivity index (χ3v) is 3.85. The topological polar surface area (TPSA) is 69.9 Å². The number of aromatic nitrogens is 4. The fourth-order valence-electron chi connectivity index (χ4n) is 2.52. The molecule has 1 heterocycles. The quantitative estimate of drug-likeness (QED) is 0.797. The zero-order valence-electron chi connectivity index (χ0n) is 11.2. The van der Waals surface area contributed by atoms with Gasteiger partial charge in [-0.25, -0.2) is 0 Å². The maximum absolute atomic E-state index is 12.4. The standard InChI is InChI=1S/C12H20N4O2/c1-9-4-6-12(18-3,7-5-9)10(17)8-11-13-15-16(2)14-11/h9H,4-8H2,1-3H3. The molecule has 0 unspecified atom stereocenters. The van der Waals surface area contributed by atoms with Crippen molar-refractivity contribution in [1.82, 2.24) is 20.2 Å². The number of nitrogens with zero attached hydrogens (tertiary/aromatic N) is 4. The van der Waals surface area contributed by atoms with E-state index in [2.05, 4.69) is 22.3 Å². The second-order valence-corrected chi connectivity index (χ2v) is 5.18. The van der Waals surface area contributed by atoms with Crippen molar-refractivity contribution in [2.24, 2.45) is 13.0 Å². The molecule has 1 aliphatic carbocycles. The van der Waals surface area contributed by atoms with Gasteiger partial charge < -0.3 is 4.74 Å². The molecule has 0 radical (unpaired) electrons. The summed E-state index contributed by atoms with van der Waals surface area (Å²) in [5.74, 6) is 1.22. The summed E-state index contributed by atoms with van der Waals surface area (Å²) in [5.41, 5.74) is -0.633. The number of ether oxygens (including phenoxy) is 1. The highest BCUT2D eigenvalue weighted by Crippen LogP contribution is 2.35. The Bertz CT molecular complexity index is 421. The first-order valence-electron chi connectivity index (χ1n) is 6.37. The first-order valence-corrected chi connectivity index (χ1v) is 6.37. The van der Waals surface area contributed by atoms with Crippen LogP contribution in [0.2, 0.25) is 0 Å². The minimum Gasteiger partial charge on any atom is -0.370 e. The van der Waals surface area contributed by atoms with Crippen molar-refractivity contribution in [2.45, 2.75) is 44.6 Å². The Morgan fingerprint density at radius 1 is 1.50 bits per heavy atom. The number of Topliss-reactive ketones (excluding diaryl/α,β-unsaturated/α-hetero) is 1. The van der Waals surface area contributed by atoms with Gasteiger partial charge in [0.2, 0.25) is 0 Å². The van der Waals surface area contributed by atoms with E-state index in [0.29, 0.717) is 11.7 Å². The Morgan fingerprint density at radius 2 is 2.17 bits per heavy atom. The summed E-state index contributed by atoms with van der Waals surface area (Å²) in [4.78, 5) is 13.8. The average Bonchev–Trinajstić information content (AvgIpc) is 2.76. The molecule has 0 aromatic carbocycles. The van der Waals surface area contributed by atoms with E-state index in [4.69, 9.17) is 4.74 Å². The molecule has 18 heavy (non-hydrogen) atoms. The summed E-state index contributed by atoms with van der Waals surface area (Å²) >= 11 is 0. The zero-order chi connectivity index (χ0) is 13.2. The lowest BCUT2D eigenvalue weighted by atomic mass is 9.76. The van der Waals surface area contributed by atoms with Crippen molar-refractivity contribution in [3.63, 3.8) is 0 Å². The molecule has 6 heteroatoms. The first kappa shape index (κ1) is 13.1. The van der Waals surface area contributed by atoms with Gasteiger partial charge in [0.05, 0.1) is 13.5 Å². The fraction of sp³-hybridized carbons (Fsp3) is 0.833. The van der Waals surface area contributed by atoms with Crippen LogP contribution in [0.5, 0.6) is 0 Å². The van der Waals surface area contributed by atoms with Gasteiger partial charge in [-0.05, 0) is 36.8 Å². The number of aryl methyl sites for hydroxylation is 1. The van der Waals surface area contributed by atoms with Crippen LogP contribution in [-0.2, 0) is 23.0 Å². The van der Waals surface area contributed by atoms with E-state index >= 15 is 0 Å². The van der Waals surface area contributed by atoms with Crippen LogP contribution >= 0.6 is 0 Å². The van der Waals surface area contributed by atoms with Gasteiger partial charge in [-0.1, -0.05) is 6.92 Å². The molecule has 2 rings (SSSR count). The Kier molecular flexibility index (Phi) is 3.75. The Morgan fingerprint density at radius 3 is 2.67 bits per heavy atom. The fourth-order valence-corrected chi connectivity index (χ4v) is 2.52. The lowest BCUT2D eigenvalue weighted by Gasteiger charge is -2.36. The van der Waals surface area contributed by atoms with E-state index in [1.807, 2.05) is 0 Å². The molecule has 0 N–H and O–H groups in total. The molecule has 100 valence electrons. The van der Waals surface area contributed by atoms with Crippen molar-refractivity contribution >= 4 is 5.78 Å². The smallest absolute Gasteiger partial charge is 0.182 e. The normalized spacial score (nSPS) is 28.3. The van der Waals surface area contributed by atoms with Crippen molar-refractivity contribution in [2.75, 3.05) is 7.11 Å². The number of tetrazole rings is 1. The number of carbonyl (C=O) groups excluding carboxylic acids is 1. The lowest BCUT2D eigenvalue weighted by molar-refractivity contribution is -0.145. The van der Waals surface area contributed by atoms with Crippen LogP contribution in [0.1, 0.15) is 38.4 Å². The van der Waals surface area contributed by atoms with E-state index in [1.165, 1.54) is 4.80 Å². The van der Waals surface area contributed by atoms with E-state index in [9.17, 15) is 4.79 Å². The number of methoxy groups -OCH3 is 1. The molecule has 0 atom stereocenters. The highest BCUT2D eigenvalue weighted by atomic mass is 16.5. The van der Waals surface area contributed by atoms with E-state index in [1.54, 1.807) is 14.2 Å². The molecule has 0 saturated heterocycles. The molecule has 6 nitrogen and oxygen atoms in total. The molecular weight excluding hydrogens is 232 g/mol. The van der Waals surface area contributed by atoms with Crippen LogP contribution in [0, 0.1) is 5.92 Å². The molecule has 1 aromatic heterocycles. The molecule has 0 amide bonds. The largest absolute Gasteiger partial charge is 0.370 e. The summed E-state index contributed by atoms with van der Waals surface area (Å²) < 4.78 is 5.54. The third-order valence-electron chi connectivity index (χ3n) is 3.85. The summed E-state index contributed by atoms with van der Waals surface area (Å²) in [5, 5.41) is 11.6. The first-order chi connectivity index (χ1) is 8.55. The van der Waals surface area contributed by atoms with Crippen LogP contribution in [-0.4, -0.2) is 38.7 Å². The van der Waals surface area contributed by atoms with Gasteiger partial charge in [0.1, 0.15) is 5.60 Å². The van der Waals surface area contributed by atoms with E-state index in [0.717, 1.165) is 25.7 Å². The Hall–Kier alpha value is -1.30. The van der Waals surface area contributed by atoms with Crippen LogP contribution in [0.4, 0.5) is 0 Å². The van der Waals surface area contributed by atoms with Gasteiger partial charge in [0, 0.05) is 7.11 Å². The predicted octanol–water partition coefficient (Wildman–Crippen LogP) is 0.917. The second-order valence-electron chi connectivity index (χ2n) is 5.18. The average molecular weight is 252 g/mol. The molecule has 1 aliphatic rings. The van der Waals surface area contributed by atoms with E-state index < -0.39 is 5.60 Å². The molecule has 1 saturated carbocycles. The van der Waals surface area contributed by atoms with Crippen LogP contribution in [0.25, 0.3) is 0 Å². The maximum Gasteiger partial charge on any atom is 0.182 e. The number of ketones is 1. The number of hydrogen-bond acceptors (Lipinski definition) is 5. The number of rotatable bonds is 4. The highest BCUT2D eigenvalue weighted by Gasteiger charge is 2.41. The van der Waals surface area contributed by atoms with Crippen molar-refractivity contribution < 1.29 is 9.53 Å². The Labute approximate surface area is 107 Å². The van der Waals surface area contributed by atoms with Crippen molar-refractivity contribution in [1.29, 1.82) is 0 Å². The van der Waals surface area contributed by atoms with Gasteiger partial charge >= 0.3 is 0 Å². The van der Waals surface area contributed by atoms with Crippen LogP contribution < -0.4 is 0 Å². The van der Waals surface area contributed by atoms with E-state index in [-0.39, 0.29) is 12.2 Å². The monoisotopic (exact) mass is 252 g/mol. The molecule has 0 aliphatic heterocycles. The van der Waals surface area contributed by atoms with Gasteiger partial charge in [-0.3, -0.25) is 4.79 Å². The summed E-state index contributed by atoms with van der Waals surface area (Å²) in [6.07, 6.45) is 3.87. The predicted molar refractivity (Wildman–Crippen MR) is 64.9 cm³/mol. The SMILES string of the molecule is COC1(C(=O)Cc2nnn(C)n2)CCC(C)CC1.